The molecule has 1 aliphatic rings. The first-order valence-electron chi connectivity index (χ1n) is 8.87. The molecule has 2 aromatic rings. The number of hydrogen-bond donors (Lipinski definition) is 2. The summed E-state index contributed by atoms with van der Waals surface area (Å²) < 4.78 is 10.6. The van der Waals surface area contributed by atoms with Crippen LogP contribution in [-0.4, -0.2) is 55.4 Å². The van der Waals surface area contributed by atoms with Gasteiger partial charge in [0.15, 0.2) is 5.82 Å². The highest BCUT2D eigenvalue weighted by Gasteiger charge is 2.23. The molecule has 0 radical (unpaired) electrons. The minimum Gasteiger partial charge on any atom is -0.462 e. The number of quaternary nitrogens is 1. The largest absolute Gasteiger partial charge is 0.462 e. The maximum Gasteiger partial charge on any atom is 0.348 e. The van der Waals surface area contributed by atoms with Crippen LogP contribution in [0.5, 0.6) is 0 Å². The number of anilines is 1. The van der Waals surface area contributed by atoms with Crippen molar-refractivity contribution in [3.8, 4) is 0 Å². The van der Waals surface area contributed by atoms with Crippen LogP contribution in [0, 0.1) is 6.92 Å². The van der Waals surface area contributed by atoms with Gasteiger partial charge in [0, 0.05) is 6.54 Å². The summed E-state index contributed by atoms with van der Waals surface area (Å²) in [5, 5.41) is 4.18. The fourth-order valence-corrected chi connectivity index (χ4v) is 4.10. The van der Waals surface area contributed by atoms with Gasteiger partial charge in [0.1, 0.15) is 35.2 Å². The molecule has 1 aliphatic heterocycles. The van der Waals surface area contributed by atoms with Crippen molar-refractivity contribution in [1.29, 1.82) is 0 Å². The highest BCUT2D eigenvalue weighted by Crippen LogP contribution is 2.34. The predicted molar refractivity (Wildman–Crippen MR) is 102 cm³/mol. The summed E-state index contributed by atoms with van der Waals surface area (Å²) >= 11 is 1.37. The van der Waals surface area contributed by atoms with Crippen molar-refractivity contribution in [3.63, 3.8) is 0 Å². The molecule has 0 bridgehead atoms. The number of aryl methyl sites for hydroxylation is 1. The van der Waals surface area contributed by atoms with E-state index in [-0.39, 0.29) is 5.97 Å². The number of carbonyl (C=O) groups is 1. The normalized spacial score (nSPS) is 15.2. The molecule has 140 valence electrons. The minimum absolute atomic E-state index is 0.303. The molecular formula is C18H25N4O3S+. The van der Waals surface area contributed by atoms with Crippen molar-refractivity contribution in [2.75, 3.05) is 44.8 Å². The summed E-state index contributed by atoms with van der Waals surface area (Å²) in [5.41, 5.74) is 0.861. The quantitative estimate of drug-likeness (QED) is 0.558. The van der Waals surface area contributed by atoms with Crippen LogP contribution in [0.3, 0.4) is 0 Å². The molecule has 0 saturated carbocycles. The third-order valence-electron chi connectivity index (χ3n) is 4.32. The first kappa shape index (κ1) is 18.8. The number of rotatable bonds is 7. The number of hydrogen-bond acceptors (Lipinski definition) is 7. The number of morpholine rings is 1. The lowest BCUT2D eigenvalue weighted by Gasteiger charge is -2.23. The van der Waals surface area contributed by atoms with E-state index in [2.05, 4.69) is 11.9 Å². The summed E-state index contributed by atoms with van der Waals surface area (Å²) in [6.07, 6.45) is 1.79. The van der Waals surface area contributed by atoms with Crippen LogP contribution in [0.4, 0.5) is 5.82 Å². The Morgan fingerprint density at radius 2 is 2.19 bits per heavy atom. The monoisotopic (exact) mass is 377 g/mol. The van der Waals surface area contributed by atoms with Gasteiger partial charge in [0.05, 0.1) is 25.2 Å². The number of nitrogens with zero attached hydrogens (tertiary/aromatic N) is 2. The summed E-state index contributed by atoms with van der Waals surface area (Å²) in [7, 11) is 0. The summed E-state index contributed by atoms with van der Waals surface area (Å²) in [5.74, 6) is 1.22. The van der Waals surface area contributed by atoms with E-state index >= 15 is 0 Å². The van der Waals surface area contributed by atoms with Gasteiger partial charge in [-0.25, -0.2) is 14.8 Å². The molecule has 1 fully saturated rings. The van der Waals surface area contributed by atoms with E-state index < -0.39 is 0 Å². The molecule has 0 aliphatic carbocycles. The van der Waals surface area contributed by atoms with Crippen LogP contribution in [0.15, 0.2) is 12.7 Å². The zero-order valence-electron chi connectivity index (χ0n) is 15.3. The first-order valence-corrected chi connectivity index (χ1v) is 9.68. The highest BCUT2D eigenvalue weighted by atomic mass is 32.1. The summed E-state index contributed by atoms with van der Waals surface area (Å²) in [4.78, 5) is 24.5. The van der Waals surface area contributed by atoms with Gasteiger partial charge in [-0.15, -0.1) is 17.9 Å². The number of esters is 1. The molecule has 8 heteroatoms. The second-order valence-corrected chi connectivity index (χ2v) is 7.15. The van der Waals surface area contributed by atoms with Crippen LogP contribution in [0.2, 0.25) is 0 Å². The zero-order chi connectivity index (χ0) is 18.5. The van der Waals surface area contributed by atoms with Crippen molar-refractivity contribution < 1.29 is 19.2 Å². The second-order valence-electron chi connectivity index (χ2n) is 6.15. The molecule has 0 unspecified atom stereocenters. The van der Waals surface area contributed by atoms with E-state index in [0.29, 0.717) is 18.0 Å². The summed E-state index contributed by atoms with van der Waals surface area (Å²) in [6.45, 7) is 12.6. The molecule has 7 nitrogen and oxygen atoms in total. The molecule has 3 heterocycles. The Morgan fingerprint density at radius 1 is 1.42 bits per heavy atom. The molecule has 1 saturated heterocycles. The van der Waals surface area contributed by atoms with Gasteiger partial charge in [-0.3, -0.25) is 0 Å². The van der Waals surface area contributed by atoms with Crippen LogP contribution in [0.25, 0.3) is 10.2 Å². The van der Waals surface area contributed by atoms with Crippen molar-refractivity contribution >= 4 is 33.3 Å². The fraction of sp³-hybridized carbons (Fsp3) is 0.500. The molecule has 2 N–H and O–H groups in total. The molecule has 0 spiro atoms. The Kier molecular flexibility index (Phi) is 6.18. The van der Waals surface area contributed by atoms with Crippen LogP contribution >= 0.6 is 11.3 Å². The maximum atomic E-state index is 12.2. The van der Waals surface area contributed by atoms with Gasteiger partial charge >= 0.3 is 5.97 Å². The summed E-state index contributed by atoms with van der Waals surface area (Å²) in [6, 6.07) is 0. The molecule has 0 amide bonds. The van der Waals surface area contributed by atoms with Crippen LogP contribution < -0.4 is 10.2 Å². The molecule has 26 heavy (non-hydrogen) atoms. The third kappa shape index (κ3) is 4.03. The Bertz CT molecular complexity index is 799. The van der Waals surface area contributed by atoms with E-state index in [4.69, 9.17) is 19.4 Å². The lowest BCUT2D eigenvalue weighted by molar-refractivity contribution is -0.922. The van der Waals surface area contributed by atoms with Gasteiger partial charge in [0.25, 0.3) is 0 Å². The lowest BCUT2D eigenvalue weighted by Crippen LogP contribution is -3.12. The fourth-order valence-electron chi connectivity index (χ4n) is 3.01. The Labute approximate surface area is 157 Å². The van der Waals surface area contributed by atoms with E-state index in [9.17, 15) is 4.79 Å². The zero-order valence-corrected chi connectivity index (χ0v) is 16.1. The van der Waals surface area contributed by atoms with Gasteiger partial charge in [-0.2, -0.15) is 0 Å². The number of aromatic nitrogens is 2. The van der Waals surface area contributed by atoms with Crippen molar-refractivity contribution in [2.24, 2.45) is 0 Å². The van der Waals surface area contributed by atoms with Gasteiger partial charge in [-0.05, 0) is 19.4 Å². The van der Waals surface area contributed by atoms with Crippen LogP contribution in [-0.2, 0) is 16.0 Å². The van der Waals surface area contributed by atoms with Crippen molar-refractivity contribution in [3.05, 3.63) is 28.9 Å². The number of fused-ring (bicyclic) bond motifs is 1. The molecule has 2 aromatic heterocycles. The SMILES string of the molecule is C=CCNc1nc(C[NH+]2CCOCC2)nc2sc(C(=O)OCC)c(C)c12. The van der Waals surface area contributed by atoms with Gasteiger partial charge in [0.2, 0.25) is 0 Å². The predicted octanol–water partition coefficient (Wildman–Crippen LogP) is 1.19. The second kappa shape index (κ2) is 8.57. The van der Waals surface area contributed by atoms with Gasteiger partial charge < -0.3 is 19.7 Å². The number of ether oxygens (including phenoxy) is 2. The van der Waals surface area contributed by atoms with Crippen LogP contribution in [0.1, 0.15) is 28.0 Å². The smallest absolute Gasteiger partial charge is 0.348 e. The lowest BCUT2D eigenvalue weighted by atomic mass is 10.2. The Morgan fingerprint density at radius 3 is 2.88 bits per heavy atom. The van der Waals surface area contributed by atoms with E-state index in [1.54, 1.807) is 13.0 Å². The standard InChI is InChI=1S/C18H24N4O3S/c1-4-6-19-16-14-12(3)15(18(23)25-5-2)26-17(14)21-13(20-16)11-22-7-9-24-10-8-22/h4H,1,5-11H2,2-3H3,(H,19,20,21)/p+1. The molecule has 0 atom stereocenters. The molecular weight excluding hydrogens is 352 g/mol. The third-order valence-corrected chi connectivity index (χ3v) is 5.48. The first-order chi connectivity index (χ1) is 12.6. The van der Waals surface area contributed by atoms with E-state index in [1.807, 2.05) is 6.92 Å². The number of thiophene rings is 1. The molecule has 0 aromatic carbocycles. The van der Waals surface area contributed by atoms with E-state index in [1.165, 1.54) is 16.2 Å². The molecule has 3 rings (SSSR count). The topological polar surface area (TPSA) is 77.8 Å². The highest BCUT2D eigenvalue weighted by molar-refractivity contribution is 7.20. The van der Waals surface area contributed by atoms with Crippen molar-refractivity contribution in [1.82, 2.24) is 9.97 Å². The number of nitrogens with one attached hydrogen (secondary N) is 2. The average Bonchev–Trinajstić information content (AvgIpc) is 2.97. The Balaban J connectivity index is 1.99. The number of carbonyl (C=O) groups excluding carboxylic acids is 1. The van der Waals surface area contributed by atoms with E-state index in [0.717, 1.165) is 60.3 Å². The minimum atomic E-state index is -0.303. The Hall–Kier alpha value is -2.03. The maximum absolute atomic E-state index is 12.2. The average molecular weight is 377 g/mol. The van der Waals surface area contributed by atoms with Gasteiger partial charge in [-0.1, -0.05) is 6.08 Å². The van der Waals surface area contributed by atoms with Crippen molar-refractivity contribution in [2.45, 2.75) is 20.4 Å².